The maximum atomic E-state index is 11.7. The number of nitrogens with two attached hydrogens (primary N) is 1. The maximum absolute atomic E-state index is 11.7. The topological polar surface area (TPSA) is 85.7 Å². The average molecular weight is 261 g/mol. The lowest BCUT2D eigenvalue weighted by molar-refractivity contribution is -0.146. The number of rotatable bonds is 5. The molecule has 5 heteroatoms. The summed E-state index contributed by atoms with van der Waals surface area (Å²) in [4.78, 5) is 11.7. The molecular formula is C14H15NO4. The fraction of sp³-hybridized carbons (Fsp3) is 0.214. The maximum Gasteiger partial charge on any atom is 0.323 e. The van der Waals surface area contributed by atoms with Gasteiger partial charge in [0.05, 0.1) is 12.5 Å². The Morgan fingerprint density at radius 3 is 2.63 bits per heavy atom. The Hall–Kier alpha value is -2.27. The summed E-state index contributed by atoms with van der Waals surface area (Å²) in [5, 5.41) is 9.16. The minimum atomic E-state index is -0.726. The molecule has 0 aliphatic rings. The van der Waals surface area contributed by atoms with Gasteiger partial charge in [-0.1, -0.05) is 12.1 Å². The van der Waals surface area contributed by atoms with Crippen molar-refractivity contribution in [2.24, 2.45) is 5.73 Å². The summed E-state index contributed by atoms with van der Waals surface area (Å²) >= 11 is 0. The minimum Gasteiger partial charge on any atom is -0.508 e. The molecule has 1 aromatic heterocycles. The Labute approximate surface area is 110 Å². The van der Waals surface area contributed by atoms with Gasteiger partial charge in [-0.25, -0.2) is 0 Å². The van der Waals surface area contributed by atoms with Crippen LogP contribution in [-0.4, -0.2) is 17.1 Å². The summed E-state index contributed by atoms with van der Waals surface area (Å²) in [5.41, 5.74) is 7.42. The van der Waals surface area contributed by atoms with Gasteiger partial charge in [-0.05, 0) is 30.2 Å². The molecular weight excluding hydrogens is 246 g/mol. The number of carbonyl (C=O) groups is 1. The first-order valence-electron chi connectivity index (χ1n) is 5.86. The van der Waals surface area contributed by atoms with Crippen LogP contribution < -0.4 is 5.73 Å². The van der Waals surface area contributed by atoms with E-state index in [9.17, 15) is 4.79 Å². The Balaban J connectivity index is 1.83. The molecule has 5 nitrogen and oxygen atoms in total. The number of aromatic hydroxyl groups is 1. The largest absolute Gasteiger partial charge is 0.508 e. The number of phenolic OH excluding ortho intramolecular Hbond substituents is 1. The highest BCUT2D eigenvalue weighted by Crippen LogP contribution is 2.11. The van der Waals surface area contributed by atoms with E-state index in [0.29, 0.717) is 6.42 Å². The number of furan rings is 1. The molecule has 2 rings (SSSR count). The standard InChI is InChI=1S/C14H15NO4/c15-13(7-10-1-3-12(16)4-2-10)14(17)19-9-11-5-6-18-8-11/h1-6,8,13,16H,7,9,15H2/t13-/m0/s1. The van der Waals surface area contributed by atoms with Gasteiger partial charge in [-0.15, -0.1) is 0 Å². The number of phenols is 1. The van der Waals surface area contributed by atoms with Crippen LogP contribution in [0.3, 0.4) is 0 Å². The third-order valence-corrected chi connectivity index (χ3v) is 2.66. The molecule has 0 saturated heterocycles. The van der Waals surface area contributed by atoms with E-state index in [1.54, 1.807) is 30.3 Å². The van der Waals surface area contributed by atoms with Crippen LogP contribution in [0.1, 0.15) is 11.1 Å². The molecule has 19 heavy (non-hydrogen) atoms. The fourth-order valence-corrected chi connectivity index (χ4v) is 1.61. The summed E-state index contributed by atoms with van der Waals surface area (Å²) in [7, 11) is 0. The highest BCUT2D eigenvalue weighted by molar-refractivity contribution is 5.75. The number of hydrogen-bond donors (Lipinski definition) is 2. The van der Waals surface area contributed by atoms with Gasteiger partial charge in [0.1, 0.15) is 18.4 Å². The van der Waals surface area contributed by atoms with Crippen molar-refractivity contribution in [1.82, 2.24) is 0 Å². The number of hydrogen-bond acceptors (Lipinski definition) is 5. The Bertz CT molecular complexity index is 519. The van der Waals surface area contributed by atoms with E-state index in [0.717, 1.165) is 11.1 Å². The molecule has 2 aromatic rings. The van der Waals surface area contributed by atoms with Crippen molar-refractivity contribution in [3.8, 4) is 5.75 Å². The molecule has 0 radical (unpaired) electrons. The SMILES string of the molecule is N[C@@H](Cc1ccc(O)cc1)C(=O)OCc1ccoc1. The molecule has 0 aliphatic heterocycles. The lowest BCUT2D eigenvalue weighted by atomic mass is 10.1. The average Bonchev–Trinajstić information content (AvgIpc) is 2.91. The van der Waals surface area contributed by atoms with Gasteiger partial charge >= 0.3 is 5.97 Å². The molecule has 0 unspecified atom stereocenters. The summed E-state index contributed by atoms with van der Waals surface area (Å²) in [6.07, 6.45) is 3.39. The monoisotopic (exact) mass is 261 g/mol. The molecule has 3 N–H and O–H groups in total. The normalized spacial score (nSPS) is 12.1. The molecule has 0 bridgehead atoms. The number of carbonyl (C=O) groups excluding carboxylic acids is 1. The third kappa shape index (κ3) is 3.86. The Morgan fingerprint density at radius 1 is 1.26 bits per heavy atom. The predicted molar refractivity (Wildman–Crippen MR) is 68.3 cm³/mol. The van der Waals surface area contributed by atoms with Gasteiger partial charge in [0.25, 0.3) is 0 Å². The van der Waals surface area contributed by atoms with E-state index in [2.05, 4.69) is 0 Å². The first-order valence-corrected chi connectivity index (χ1v) is 5.86. The lowest BCUT2D eigenvalue weighted by Crippen LogP contribution is -2.34. The lowest BCUT2D eigenvalue weighted by Gasteiger charge is -2.11. The molecule has 0 amide bonds. The van der Waals surface area contributed by atoms with Crippen molar-refractivity contribution in [2.45, 2.75) is 19.1 Å². The zero-order valence-corrected chi connectivity index (χ0v) is 10.3. The first kappa shape index (κ1) is 13.2. The van der Waals surface area contributed by atoms with Crippen LogP contribution in [0.15, 0.2) is 47.3 Å². The summed E-state index contributed by atoms with van der Waals surface area (Å²) < 4.78 is 9.94. The van der Waals surface area contributed by atoms with Crippen molar-refractivity contribution in [3.05, 3.63) is 54.0 Å². The second-order valence-electron chi connectivity index (χ2n) is 4.22. The number of benzene rings is 1. The third-order valence-electron chi connectivity index (χ3n) is 2.66. The van der Waals surface area contributed by atoms with Crippen LogP contribution >= 0.6 is 0 Å². The highest BCUT2D eigenvalue weighted by Gasteiger charge is 2.16. The van der Waals surface area contributed by atoms with Gasteiger partial charge in [0.15, 0.2) is 0 Å². The van der Waals surface area contributed by atoms with E-state index < -0.39 is 12.0 Å². The zero-order valence-electron chi connectivity index (χ0n) is 10.3. The van der Waals surface area contributed by atoms with Crippen molar-refractivity contribution < 1.29 is 19.1 Å². The molecule has 0 spiro atoms. The fourth-order valence-electron chi connectivity index (χ4n) is 1.61. The Morgan fingerprint density at radius 2 is 2.00 bits per heavy atom. The molecule has 1 aromatic carbocycles. The van der Waals surface area contributed by atoms with Crippen molar-refractivity contribution in [3.63, 3.8) is 0 Å². The van der Waals surface area contributed by atoms with Crippen LogP contribution in [0.25, 0.3) is 0 Å². The molecule has 0 saturated carbocycles. The van der Waals surface area contributed by atoms with Gasteiger partial charge in [0.2, 0.25) is 0 Å². The van der Waals surface area contributed by atoms with E-state index in [1.165, 1.54) is 12.5 Å². The van der Waals surface area contributed by atoms with Gasteiger partial charge in [0, 0.05) is 5.56 Å². The Kier molecular flexibility index (Phi) is 4.20. The highest BCUT2D eigenvalue weighted by atomic mass is 16.5. The first-order chi connectivity index (χ1) is 9.15. The van der Waals surface area contributed by atoms with Crippen molar-refractivity contribution in [1.29, 1.82) is 0 Å². The summed E-state index contributed by atoms with van der Waals surface area (Å²) in [5.74, 6) is -0.283. The van der Waals surface area contributed by atoms with Gasteiger partial charge in [-0.3, -0.25) is 4.79 Å². The molecule has 0 fully saturated rings. The van der Waals surface area contributed by atoms with E-state index in [1.807, 2.05) is 0 Å². The van der Waals surface area contributed by atoms with E-state index in [4.69, 9.17) is 20.0 Å². The van der Waals surface area contributed by atoms with Crippen LogP contribution in [0, 0.1) is 0 Å². The number of ether oxygens (including phenoxy) is 1. The molecule has 1 atom stereocenters. The second-order valence-corrected chi connectivity index (χ2v) is 4.22. The zero-order chi connectivity index (χ0) is 13.7. The van der Waals surface area contributed by atoms with Crippen LogP contribution in [0.4, 0.5) is 0 Å². The van der Waals surface area contributed by atoms with Gasteiger partial charge < -0.3 is 20.0 Å². The molecule has 100 valence electrons. The van der Waals surface area contributed by atoms with Crippen LogP contribution in [-0.2, 0) is 22.6 Å². The van der Waals surface area contributed by atoms with E-state index >= 15 is 0 Å². The van der Waals surface area contributed by atoms with E-state index in [-0.39, 0.29) is 12.4 Å². The molecule has 0 aliphatic carbocycles. The minimum absolute atomic E-state index is 0.151. The quantitative estimate of drug-likeness (QED) is 0.798. The smallest absolute Gasteiger partial charge is 0.323 e. The number of esters is 1. The van der Waals surface area contributed by atoms with Gasteiger partial charge in [-0.2, -0.15) is 0 Å². The van der Waals surface area contributed by atoms with Crippen molar-refractivity contribution in [2.75, 3.05) is 0 Å². The van der Waals surface area contributed by atoms with Crippen LogP contribution in [0.2, 0.25) is 0 Å². The molecule has 1 heterocycles. The second kappa shape index (κ2) is 6.06. The summed E-state index contributed by atoms with van der Waals surface area (Å²) in [6.45, 7) is 0.151. The van der Waals surface area contributed by atoms with Crippen LogP contribution in [0.5, 0.6) is 5.75 Å². The summed E-state index contributed by atoms with van der Waals surface area (Å²) in [6, 6.07) is 7.55. The predicted octanol–water partition coefficient (Wildman–Crippen LogP) is 1.60. The van der Waals surface area contributed by atoms with Crippen molar-refractivity contribution >= 4 is 5.97 Å².